The van der Waals surface area contributed by atoms with Crippen LogP contribution in [0.4, 0.5) is 5.69 Å². The number of aliphatic hydroxyl groups is 1. The molecule has 0 spiro atoms. The van der Waals surface area contributed by atoms with E-state index >= 15 is 0 Å². The highest BCUT2D eigenvalue weighted by Crippen LogP contribution is 2.17. The molecule has 0 amide bonds. The highest BCUT2D eigenvalue weighted by Gasteiger charge is 2.28. The number of rotatable bonds is 6. The van der Waals surface area contributed by atoms with Crippen molar-refractivity contribution >= 4 is 39.0 Å². The van der Waals surface area contributed by atoms with Crippen LogP contribution < -0.4 is 15.8 Å². The van der Waals surface area contributed by atoms with Gasteiger partial charge in [-0.3, -0.25) is 0 Å². The first-order valence-electron chi connectivity index (χ1n) is 7.34. The molecular weight excluding hydrogens is 378 g/mol. The van der Waals surface area contributed by atoms with E-state index in [0.717, 1.165) is 0 Å². The Labute approximate surface area is 155 Å². The Bertz CT molecular complexity index is 886. The Kier molecular flexibility index (Phi) is 6.27. The van der Waals surface area contributed by atoms with Crippen LogP contribution >= 0.6 is 12.2 Å². The van der Waals surface area contributed by atoms with E-state index in [4.69, 9.17) is 17.4 Å². The molecular formula is C16H17N3O5S2. The van der Waals surface area contributed by atoms with Crippen molar-refractivity contribution in [3.63, 3.8) is 0 Å². The van der Waals surface area contributed by atoms with Crippen LogP contribution in [0, 0.1) is 0 Å². The average molecular weight is 395 g/mol. The van der Waals surface area contributed by atoms with Gasteiger partial charge < -0.3 is 20.8 Å². The monoisotopic (exact) mass is 395 g/mol. The third-order valence-electron chi connectivity index (χ3n) is 3.45. The van der Waals surface area contributed by atoms with E-state index < -0.39 is 28.1 Å². The predicted molar refractivity (Wildman–Crippen MR) is 100.0 cm³/mol. The van der Waals surface area contributed by atoms with Crippen molar-refractivity contribution in [1.29, 1.82) is 0 Å². The molecule has 0 saturated carbocycles. The molecule has 2 aromatic carbocycles. The highest BCUT2D eigenvalue weighted by molar-refractivity contribution is 7.89. The maximum absolute atomic E-state index is 11.5. The fraction of sp³-hybridized carbons (Fsp3) is 0.125. The van der Waals surface area contributed by atoms with Crippen molar-refractivity contribution in [3.8, 4) is 0 Å². The van der Waals surface area contributed by atoms with E-state index in [1.54, 1.807) is 30.3 Å². The quantitative estimate of drug-likeness (QED) is 0.452. The van der Waals surface area contributed by atoms with Crippen molar-refractivity contribution in [3.05, 3.63) is 60.2 Å². The maximum Gasteiger partial charge on any atom is 0.329 e. The van der Waals surface area contributed by atoms with Gasteiger partial charge in [0, 0.05) is 5.69 Å². The van der Waals surface area contributed by atoms with Crippen LogP contribution in [0.25, 0.3) is 0 Å². The lowest BCUT2D eigenvalue weighted by Crippen LogP contribution is -2.46. The summed E-state index contributed by atoms with van der Waals surface area (Å²) >= 11 is 5.07. The fourth-order valence-electron chi connectivity index (χ4n) is 2.15. The topological polar surface area (TPSA) is 142 Å². The Morgan fingerprint density at radius 3 is 2.15 bits per heavy atom. The van der Waals surface area contributed by atoms with Crippen molar-refractivity contribution in [2.24, 2.45) is 5.14 Å². The number of thiocarbonyl (C=S) groups is 1. The lowest BCUT2D eigenvalue weighted by atomic mass is 10.0. The predicted octanol–water partition coefficient (Wildman–Crippen LogP) is 0.807. The van der Waals surface area contributed by atoms with Crippen LogP contribution in [0.3, 0.4) is 0 Å². The van der Waals surface area contributed by atoms with Gasteiger partial charge in [-0.05, 0) is 42.0 Å². The summed E-state index contributed by atoms with van der Waals surface area (Å²) in [4.78, 5) is 11.4. The molecule has 0 unspecified atom stereocenters. The molecule has 0 aliphatic heterocycles. The van der Waals surface area contributed by atoms with Gasteiger partial charge in [0.15, 0.2) is 11.2 Å². The molecule has 2 atom stereocenters. The van der Waals surface area contributed by atoms with Crippen molar-refractivity contribution in [2.75, 3.05) is 5.32 Å². The number of nitrogens with two attached hydrogens (primary N) is 1. The third kappa shape index (κ3) is 5.23. The van der Waals surface area contributed by atoms with Crippen molar-refractivity contribution in [2.45, 2.75) is 17.0 Å². The first kappa shape index (κ1) is 19.8. The zero-order chi connectivity index (χ0) is 19.3. The van der Waals surface area contributed by atoms with Gasteiger partial charge >= 0.3 is 5.97 Å². The largest absolute Gasteiger partial charge is 0.480 e. The molecule has 0 radical (unpaired) electrons. The summed E-state index contributed by atoms with van der Waals surface area (Å²) in [5.41, 5.74) is 0.848. The Morgan fingerprint density at radius 2 is 1.65 bits per heavy atom. The minimum absolute atomic E-state index is 0.0456. The van der Waals surface area contributed by atoms with Gasteiger partial charge in [-0.1, -0.05) is 30.3 Å². The van der Waals surface area contributed by atoms with Gasteiger partial charge in [-0.25, -0.2) is 18.4 Å². The molecule has 10 heteroatoms. The van der Waals surface area contributed by atoms with E-state index in [2.05, 4.69) is 10.6 Å². The smallest absolute Gasteiger partial charge is 0.329 e. The summed E-state index contributed by atoms with van der Waals surface area (Å²) in [7, 11) is -3.81. The van der Waals surface area contributed by atoms with Crippen LogP contribution in [0.1, 0.15) is 11.7 Å². The van der Waals surface area contributed by atoms with Gasteiger partial charge in [0.25, 0.3) is 0 Å². The first-order valence-corrected chi connectivity index (χ1v) is 9.30. The molecule has 2 rings (SSSR count). The van der Waals surface area contributed by atoms with Gasteiger partial charge in [0.05, 0.1) is 4.90 Å². The number of carbonyl (C=O) groups is 1. The third-order valence-corrected chi connectivity index (χ3v) is 4.60. The summed E-state index contributed by atoms with van der Waals surface area (Å²) in [5, 5.41) is 29.9. The molecule has 6 N–H and O–H groups in total. The van der Waals surface area contributed by atoms with Crippen LogP contribution in [-0.4, -0.2) is 35.8 Å². The molecule has 0 aromatic heterocycles. The van der Waals surface area contributed by atoms with E-state index in [1.165, 1.54) is 24.3 Å². The summed E-state index contributed by atoms with van der Waals surface area (Å²) in [5.74, 6) is -1.28. The van der Waals surface area contributed by atoms with Crippen molar-refractivity contribution < 1.29 is 23.4 Å². The number of aliphatic hydroxyl groups excluding tert-OH is 1. The van der Waals surface area contributed by atoms with Crippen LogP contribution in [-0.2, 0) is 14.8 Å². The standard InChI is InChI=1S/C16H17N3O5S2/c17-26(23,24)12-8-6-11(7-9-12)18-16(25)19-13(15(21)22)14(20)10-4-2-1-3-5-10/h1-9,13-14,20H,(H,21,22)(H2,17,23,24)(H2,18,19,25)/t13-,14+/m0/s1. The molecule has 0 aliphatic rings. The second kappa shape index (κ2) is 8.23. The van der Waals surface area contributed by atoms with Crippen LogP contribution in [0.15, 0.2) is 59.5 Å². The normalized spacial score (nSPS) is 13.5. The second-order valence-corrected chi connectivity index (χ2v) is 7.31. The van der Waals surface area contributed by atoms with Crippen LogP contribution in [0.2, 0.25) is 0 Å². The number of carboxylic acid groups (broad SMARTS) is 1. The van der Waals surface area contributed by atoms with Crippen LogP contribution in [0.5, 0.6) is 0 Å². The molecule has 26 heavy (non-hydrogen) atoms. The van der Waals surface area contributed by atoms with E-state index in [0.29, 0.717) is 11.3 Å². The van der Waals surface area contributed by atoms with Gasteiger partial charge in [0.2, 0.25) is 10.0 Å². The molecule has 0 fully saturated rings. The first-order chi connectivity index (χ1) is 12.2. The number of hydrogen-bond acceptors (Lipinski definition) is 5. The summed E-state index contributed by atoms with van der Waals surface area (Å²) < 4.78 is 22.4. The maximum atomic E-state index is 11.5. The summed E-state index contributed by atoms with van der Waals surface area (Å²) in [6.07, 6.45) is -1.32. The molecule has 138 valence electrons. The lowest BCUT2D eigenvalue weighted by molar-refractivity contribution is -0.142. The summed E-state index contributed by atoms with van der Waals surface area (Å²) in [6.45, 7) is 0. The van der Waals surface area contributed by atoms with E-state index in [1.807, 2.05) is 0 Å². The lowest BCUT2D eigenvalue weighted by Gasteiger charge is -2.22. The number of anilines is 1. The molecule has 2 aromatic rings. The van der Waals surface area contributed by atoms with E-state index in [9.17, 15) is 23.4 Å². The zero-order valence-corrected chi connectivity index (χ0v) is 15.0. The molecule has 0 bridgehead atoms. The second-order valence-electron chi connectivity index (χ2n) is 5.34. The molecule has 0 heterocycles. The fourth-order valence-corrected chi connectivity index (χ4v) is 2.92. The van der Waals surface area contributed by atoms with Crippen molar-refractivity contribution in [1.82, 2.24) is 5.32 Å². The number of carboxylic acids is 1. The minimum Gasteiger partial charge on any atom is -0.480 e. The van der Waals surface area contributed by atoms with Gasteiger partial charge in [-0.15, -0.1) is 0 Å². The molecule has 8 nitrogen and oxygen atoms in total. The Balaban J connectivity index is 2.07. The Hall–Kier alpha value is -2.53. The SMILES string of the molecule is NS(=O)(=O)c1ccc(NC(=S)N[C@H](C(=O)O)[C@H](O)c2ccccc2)cc1. The van der Waals surface area contributed by atoms with Gasteiger partial charge in [-0.2, -0.15) is 0 Å². The zero-order valence-electron chi connectivity index (χ0n) is 13.4. The summed E-state index contributed by atoms with van der Waals surface area (Å²) in [6, 6.07) is 12.4. The number of hydrogen-bond donors (Lipinski definition) is 5. The Morgan fingerprint density at radius 1 is 1.08 bits per heavy atom. The highest BCUT2D eigenvalue weighted by atomic mass is 32.2. The number of primary sulfonamides is 1. The van der Waals surface area contributed by atoms with Gasteiger partial charge in [0.1, 0.15) is 6.10 Å². The number of sulfonamides is 1. The minimum atomic E-state index is -3.81. The number of benzene rings is 2. The average Bonchev–Trinajstić information content (AvgIpc) is 2.59. The number of aliphatic carboxylic acids is 1. The van der Waals surface area contributed by atoms with E-state index in [-0.39, 0.29) is 10.0 Å². The molecule has 0 aliphatic carbocycles. The molecule has 0 saturated heterocycles. The number of nitrogens with one attached hydrogen (secondary N) is 2.